The van der Waals surface area contributed by atoms with Crippen LogP contribution in [0, 0.1) is 10.1 Å². The van der Waals surface area contributed by atoms with E-state index in [2.05, 4.69) is 15.2 Å². The lowest BCUT2D eigenvalue weighted by Gasteiger charge is -2.08. The summed E-state index contributed by atoms with van der Waals surface area (Å²) in [7, 11) is 0. The molecule has 4 rings (SSSR count). The monoisotopic (exact) mass is 408 g/mol. The number of oxazole rings is 1. The van der Waals surface area contributed by atoms with Gasteiger partial charge in [0.15, 0.2) is 17.6 Å². The summed E-state index contributed by atoms with van der Waals surface area (Å²) >= 11 is 0. The lowest BCUT2D eigenvalue weighted by Crippen LogP contribution is -2.10. The summed E-state index contributed by atoms with van der Waals surface area (Å²) in [4.78, 5) is 26.7. The van der Waals surface area contributed by atoms with Crippen LogP contribution in [-0.2, 0) is 16.0 Å². The average molecular weight is 408 g/mol. The smallest absolute Gasteiger partial charge is 0.307 e. The maximum absolute atomic E-state index is 12.1. The van der Waals surface area contributed by atoms with E-state index in [1.807, 2.05) is 24.3 Å². The fourth-order valence-corrected chi connectivity index (χ4v) is 2.78. The number of rotatable bonds is 7. The summed E-state index contributed by atoms with van der Waals surface area (Å²) in [5.41, 5.74) is 1.88. The quantitative estimate of drug-likeness (QED) is 0.252. The van der Waals surface area contributed by atoms with Gasteiger partial charge in [-0.15, -0.1) is 10.2 Å². The molecule has 152 valence electrons. The van der Waals surface area contributed by atoms with Gasteiger partial charge in [0.1, 0.15) is 5.52 Å². The highest BCUT2D eigenvalue weighted by atomic mass is 16.6. The van der Waals surface area contributed by atoms with Crippen LogP contribution in [0.15, 0.2) is 57.4 Å². The molecule has 0 aliphatic rings. The first-order chi connectivity index (χ1) is 14.5. The predicted octanol–water partition coefficient (Wildman–Crippen LogP) is 4.02. The zero-order valence-corrected chi connectivity index (χ0v) is 15.8. The van der Waals surface area contributed by atoms with E-state index in [1.165, 1.54) is 24.3 Å². The molecule has 0 aliphatic carbocycles. The molecule has 2 heterocycles. The van der Waals surface area contributed by atoms with Crippen LogP contribution in [0.3, 0.4) is 0 Å². The minimum Gasteiger partial charge on any atom is -0.453 e. The minimum atomic E-state index is -0.750. The number of benzene rings is 2. The van der Waals surface area contributed by atoms with Crippen LogP contribution in [0.5, 0.6) is 0 Å². The third-order valence-electron chi connectivity index (χ3n) is 4.30. The van der Waals surface area contributed by atoms with Crippen molar-refractivity contribution in [3.8, 4) is 11.5 Å². The summed E-state index contributed by atoms with van der Waals surface area (Å²) in [6, 6.07) is 13.1. The topological polar surface area (TPSA) is 134 Å². The Labute approximate surface area is 169 Å². The molecule has 30 heavy (non-hydrogen) atoms. The van der Waals surface area contributed by atoms with E-state index in [1.54, 1.807) is 6.92 Å². The number of aromatic nitrogens is 3. The number of nitrogens with zero attached hydrogens (tertiary/aromatic N) is 4. The summed E-state index contributed by atoms with van der Waals surface area (Å²) in [5.74, 6) is 0.298. The zero-order valence-electron chi connectivity index (χ0n) is 15.8. The van der Waals surface area contributed by atoms with E-state index in [0.29, 0.717) is 23.5 Å². The van der Waals surface area contributed by atoms with Gasteiger partial charge < -0.3 is 13.6 Å². The summed E-state index contributed by atoms with van der Waals surface area (Å²) in [6.07, 6.45) is -0.362. The van der Waals surface area contributed by atoms with Crippen molar-refractivity contribution in [1.29, 1.82) is 0 Å². The van der Waals surface area contributed by atoms with Crippen LogP contribution < -0.4 is 0 Å². The maximum Gasteiger partial charge on any atom is 0.307 e. The van der Waals surface area contributed by atoms with E-state index in [0.717, 1.165) is 5.52 Å². The number of esters is 1. The van der Waals surface area contributed by atoms with Crippen LogP contribution in [0.2, 0.25) is 0 Å². The van der Waals surface area contributed by atoms with Gasteiger partial charge in [0.2, 0.25) is 5.89 Å². The van der Waals surface area contributed by atoms with Crippen LogP contribution in [-0.4, -0.2) is 26.1 Å². The van der Waals surface area contributed by atoms with E-state index in [9.17, 15) is 14.9 Å². The number of nitro groups is 1. The van der Waals surface area contributed by atoms with Gasteiger partial charge in [-0.2, -0.15) is 0 Å². The van der Waals surface area contributed by atoms with Crippen molar-refractivity contribution in [1.82, 2.24) is 15.2 Å². The molecule has 0 saturated carbocycles. The van der Waals surface area contributed by atoms with E-state index >= 15 is 0 Å². The first-order valence-corrected chi connectivity index (χ1v) is 9.12. The minimum absolute atomic E-state index is 0.0419. The Hall–Kier alpha value is -4.08. The fourth-order valence-electron chi connectivity index (χ4n) is 2.78. The molecular formula is C20H16N4O6. The number of hydrogen-bond donors (Lipinski definition) is 0. The van der Waals surface area contributed by atoms with Crippen LogP contribution in [0.25, 0.3) is 22.6 Å². The molecule has 2 aromatic carbocycles. The molecule has 4 aromatic rings. The van der Waals surface area contributed by atoms with E-state index in [4.69, 9.17) is 13.6 Å². The first-order valence-electron chi connectivity index (χ1n) is 9.12. The highest BCUT2D eigenvalue weighted by Gasteiger charge is 2.20. The largest absolute Gasteiger partial charge is 0.453 e. The predicted molar refractivity (Wildman–Crippen MR) is 103 cm³/mol. The summed E-state index contributed by atoms with van der Waals surface area (Å²) in [5, 5.41) is 18.5. The molecule has 0 amide bonds. The number of para-hydroxylation sites is 2. The highest BCUT2D eigenvalue weighted by Crippen LogP contribution is 2.24. The Balaban J connectivity index is 1.34. The second-order valence-corrected chi connectivity index (χ2v) is 6.46. The van der Waals surface area contributed by atoms with Crippen molar-refractivity contribution in [3.63, 3.8) is 0 Å². The molecule has 1 atom stereocenters. The Morgan fingerprint density at radius 2 is 1.90 bits per heavy atom. The van der Waals surface area contributed by atoms with E-state index < -0.39 is 17.0 Å². The van der Waals surface area contributed by atoms with Crippen LogP contribution in [0.4, 0.5) is 5.69 Å². The number of carbonyl (C=O) groups excluding carboxylic acids is 1. The molecule has 0 radical (unpaired) electrons. The Morgan fingerprint density at radius 3 is 2.63 bits per heavy atom. The van der Waals surface area contributed by atoms with Gasteiger partial charge in [0, 0.05) is 24.1 Å². The molecule has 0 N–H and O–H groups in total. The van der Waals surface area contributed by atoms with Gasteiger partial charge in [0.05, 0.1) is 11.3 Å². The third-order valence-corrected chi connectivity index (χ3v) is 4.30. The number of non-ortho nitro benzene ring substituents is 1. The lowest BCUT2D eigenvalue weighted by molar-refractivity contribution is -0.384. The van der Waals surface area contributed by atoms with Crippen molar-refractivity contribution in [2.24, 2.45) is 0 Å². The second kappa shape index (κ2) is 8.11. The second-order valence-electron chi connectivity index (χ2n) is 6.46. The maximum atomic E-state index is 12.1. The number of fused-ring (bicyclic) bond motifs is 1. The zero-order chi connectivity index (χ0) is 21.1. The summed E-state index contributed by atoms with van der Waals surface area (Å²) < 4.78 is 16.5. The highest BCUT2D eigenvalue weighted by molar-refractivity contribution is 5.73. The van der Waals surface area contributed by atoms with E-state index in [-0.39, 0.29) is 23.9 Å². The molecule has 10 heteroatoms. The Morgan fingerprint density at radius 1 is 1.13 bits per heavy atom. The van der Waals surface area contributed by atoms with Crippen molar-refractivity contribution in [2.75, 3.05) is 0 Å². The molecule has 0 fully saturated rings. The van der Waals surface area contributed by atoms with Crippen LogP contribution in [0.1, 0.15) is 31.2 Å². The fraction of sp³-hybridized carbons (Fsp3) is 0.200. The average Bonchev–Trinajstić information content (AvgIpc) is 3.39. The van der Waals surface area contributed by atoms with Crippen molar-refractivity contribution >= 4 is 22.8 Å². The van der Waals surface area contributed by atoms with Gasteiger partial charge >= 0.3 is 5.97 Å². The van der Waals surface area contributed by atoms with Crippen molar-refractivity contribution in [3.05, 3.63) is 70.4 Å². The van der Waals surface area contributed by atoms with Gasteiger partial charge in [0.25, 0.3) is 11.6 Å². The van der Waals surface area contributed by atoms with Crippen molar-refractivity contribution < 1.29 is 23.3 Å². The first kappa shape index (κ1) is 19.2. The Bertz CT molecular complexity index is 1160. The lowest BCUT2D eigenvalue weighted by atomic mass is 10.2. The molecule has 0 aliphatic heterocycles. The molecule has 0 saturated heterocycles. The number of carbonyl (C=O) groups is 1. The molecule has 0 unspecified atom stereocenters. The van der Waals surface area contributed by atoms with Gasteiger partial charge in [-0.1, -0.05) is 12.1 Å². The number of ether oxygens (including phenoxy) is 1. The standard InChI is InChI=1S/C20H16N4O6/c1-12(19-22-23-20(30-19)13-6-8-14(9-7-13)24(26)27)28-18(25)11-10-17-21-15-4-2-3-5-16(15)29-17/h2-9,12H,10-11H2,1H3/t12-/m1/s1. The molecular weight excluding hydrogens is 392 g/mol. The summed E-state index contributed by atoms with van der Waals surface area (Å²) in [6.45, 7) is 1.62. The van der Waals surface area contributed by atoms with Gasteiger partial charge in [-0.25, -0.2) is 4.98 Å². The number of nitro benzene ring substituents is 1. The normalized spacial score (nSPS) is 12.0. The molecule has 10 nitrogen and oxygen atoms in total. The SMILES string of the molecule is C[C@@H](OC(=O)CCc1nc2ccccc2o1)c1nnc(-c2ccc([N+](=O)[O-])cc2)o1. The number of hydrogen-bond acceptors (Lipinski definition) is 9. The Kier molecular flexibility index (Phi) is 5.21. The van der Waals surface area contributed by atoms with Gasteiger partial charge in [-0.05, 0) is 31.2 Å². The molecule has 0 bridgehead atoms. The van der Waals surface area contributed by atoms with Gasteiger partial charge in [-0.3, -0.25) is 14.9 Å². The number of aryl methyl sites for hydroxylation is 1. The third kappa shape index (κ3) is 4.17. The van der Waals surface area contributed by atoms with Crippen LogP contribution >= 0.6 is 0 Å². The van der Waals surface area contributed by atoms with Crippen molar-refractivity contribution in [2.45, 2.75) is 25.9 Å². The molecule has 0 spiro atoms. The molecule has 2 aromatic heterocycles.